The third kappa shape index (κ3) is 4.36. The van der Waals surface area contributed by atoms with Crippen LogP contribution in [0.2, 0.25) is 0 Å². The molecule has 0 spiro atoms. The normalized spacial score (nSPS) is 13.1. The van der Waals surface area contributed by atoms with Gasteiger partial charge in [0.2, 0.25) is 0 Å². The maximum absolute atomic E-state index is 5.29. The minimum atomic E-state index is 0.392. The van der Waals surface area contributed by atoms with Crippen molar-refractivity contribution in [3.8, 4) is 0 Å². The van der Waals surface area contributed by atoms with Crippen LogP contribution in [0.1, 0.15) is 18.9 Å². The van der Waals surface area contributed by atoms with E-state index in [0.717, 1.165) is 24.8 Å². The van der Waals surface area contributed by atoms with Crippen LogP contribution < -0.4 is 5.32 Å². The zero-order valence-corrected chi connectivity index (χ0v) is 8.93. The van der Waals surface area contributed by atoms with Crippen molar-refractivity contribution >= 4 is 11.3 Å². The molecule has 1 atom stereocenters. The molecule has 0 saturated heterocycles. The molecule has 1 N–H and O–H groups in total. The van der Waals surface area contributed by atoms with Gasteiger partial charge in [0.1, 0.15) is 5.01 Å². The highest BCUT2D eigenvalue weighted by molar-refractivity contribution is 7.09. The maximum atomic E-state index is 5.29. The summed E-state index contributed by atoms with van der Waals surface area (Å²) in [6.45, 7) is 6.51. The number of rotatable bonds is 6. The molecular formula is C9H16N2OS. The molecule has 1 rings (SSSR count). The first-order valence-electron chi connectivity index (χ1n) is 4.52. The van der Waals surface area contributed by atoms with Crippen LogP contribution in [0.15, 0.2) is 11.6 Å². The van der Waals surface area contributed by atoms with Gasteiger partial charge >= 0.3 is 0 Å². The smallest absolute Gasteiger partial charge is 0.106 e. The van der Waals surface area contributed by atoms with Crippen molar-refractivity contribution in [1.29, 1.82) is 0 Å². The van der Waals surface area contributed by atoms with Gasteiger partial charge in [0.25, 0.3) is 0 Å². The van der Waals surface area contributed by atoms with Gasteiger partial charge in [-0.2, -0.15) is 0 Å². The highest BCUT2D eigenvalue weighted by Gasteiger charge is 2.01. The number of nitrogens with zero attached hydrogens (tertiary/aromatic N) is 1. The third-order valence-electron chi connectivity index (χ3n) is 1.66. The molecule has 0 saturated carbocycles. The van der Waals surface area contributed by atoms with E-state index in [2.05, 4.69) is 17.2 Å². The van der Waals surface area contributed by atoms with Gasteiger partial charge in [0.15, 0.2) is 0 Å². The standard InChI is InChI=1S/C9H16N2OS/c1-3-12-7-8(2)11-6-9-10-4-5-13-9/h4-5,8,11H,3,6-7H2,1-2H3. The van der Waals surface area contributed by atoms with Gasteiger partial charge < -0.3 is 10.1 Å². The Balaban J connectivity index is 2.11. The Hall–Kier alpha value is -0.450. The molecule has 1 aromatic heterocycles. The molecule has 0 aliphatic heterocycles. The van der Waals surface area contributed by atoms with Gasteiger partial charge in [-0.05, 0) is 13.8 Å². The lowest BCUT2D eigenvalue weighted by Gasteiger charge is -2.11. The van der Waals surface area contributed by atoms with Crippen LogP contribution in [0.3, 0.4) is 0 Å². The van der Waals surface area contributed by atoms with Gasteiger partial charge in [-0.1, -0.05) is 0 Å². The lowest BCUT2D eigenvalue weighted by molar-refractivity contribution is 0.127. The largest absolute Gasteiger partial charge is 0.380 e. The molecular weight excluding hydrogens is 184 g/mol. The zero-order chi connectivity index (χ0) is 9.52. The Morgan fingerprint density at radius 3 is 3.15 bits per heavy atom. The topological polar surface area (TPSA) is 34.1 Å². The van der Waals surface area contributed by atoms with E-state index in [1.54, 1.807) is 11.3 Å². The summed E-state index contributed by atoms with van der Waals surface area (Å²) >= 11 is 1.67. The van der Waals surface area contributed by atoms with E-state index >= 15 is 0 Å². The van der Waals surface area contributed by atoms with E-state index in [4.69, 9.17) is 4.74 Å². The molecule has 1 heterocycles. The molecule has 0 aliphatic rings. The number of hydrogen-bond acceptors (Lipinski definition) is 4. The van der Waals surface area contributed by atoms with E-state index in [1.807, 2.05) is 18.5 Å². The van der Waals surface area contributed by atoms with E-state index in [0.29, 0.717) is 6.04 Å². The van der Waals surface area contributed by atoms with E-state index in [1.165, 1.54) is 0 Å². The van der Waals surface area contributed by atoms with Gasteiger partial charge in [-0.15, -0.1) is 11.3 Å². The summed E-state index contributed by atoms with van der Waals surface area (Å²) in [7, 11) is 0. The fraction of sp³-hybridized carbons (Fsp3) is 0.667. The molecule has 74 valence electrons. The van der Waals surface area contributed by atoms with Gasteiger partial charge in [0, 0.05) is 30.8 Å². The van der Waals surface area contributed by atoms with Gasteiger partial charge in [-0.25, -0.2) is 4.98 Å². The average Bonchev–Trinajstić information content (AvgIpc) is 2.64. The second kappa shape index (κ2) is 6.07. The Morgan fingerprint density at radius 1 is 1.69 bits per heavy atom. The molecule has 1 unspecified atom stereocenters. The van der Waals surface area contributed by atoms with Crippen LogP contribution in [-0.2, 0) is 11.3 Å². The number of hydrogen-bond donors (Lipinski definition) is 1. The number of thiazole rings is 1. The van der Waals surface area contributed by atoms with Gasteiger partial charge in [0.05, 0.1) is 6.61 Å². The fourth-order valence-electron chi connectivity index (χ4n) is 0.955. The highest BCUT2D eigenvalue weighted by atomic mass is 32.1. The molecule has 0 fully saturated rings. The fourth-order valence-corrected chi connectivity index (χ4v) is 1.52. The predicted octanol–water partition coefficient (Wildman–Crippen LogP) is 1.66. The minimum Gasteiger partial charge on any atom is -0.380 e. The summed E-state index contributed by atoms with van der Waals surface area (Å²) in [4.78, 5) is 4.18. The first-order valence-corrected chi connectivity index (χ1v) is 5.40. The van der Waals surface area contributed by atoms with E-state index in [9.17, 15) is 0 Å². The second-order valence-electron chi connectivity index (χ2n) is 2.87. The van der Waals surface area contributed by atoms with Crippen LogP contribution >= 0.6 is 11.3 Å². The van der Waals surface area contributed by atoms with Crippen molar-refractivity contribution < 1.29 is 4.74 Å². The summed E-state index contributed by atoms with van der Waals surface area (Å²) in [6.07, 6.45) is 1.83. The Labute approximate surface area is 83.1 Å². The lowest BCUT2D eigenvalue weighted by atomic mass is 10.3. The molecule has 4 heteroatoms. The van der Waals surface area contributed by atoms with Gasteiger partial charge in [-0.3, -0.25) is 0 Å². The number of nitrogens with one attached hydrogen (secondary N) is 1. The Kier molecular flexibility index (Phi) is 4.97. The average molecular weight is 200 g/mol. The van der Waals surface area contributed by atoms with Crippen LogP contribution in [0.4, 0.5) is 0 Å². The lowest BCUT2D eigenvalue weighted by Crippen LogP contribution is -2.29. The molecule has 0 aromatic carbocycles. The van der Waals surface area contributed by atoms with Crippen molar-refractivity contribution in [2.45, 2.75) is 26.4 Å². The van der Waals surface area contributed by atoms with Crippen molar-refractivity contribution in [2.75, 3.05) is 13.2 Å². The maximum Gasteiger partial charge on any atom is 0.106 e. The SMILES string of the molecule is CCOCC(C)NCc1nccs1. The van der Waals surface area contributed by atoms with Crippen LogP contribution in [0, 0.1) is 0 Å². The Morgan fingerprint density at radius 2 is 2.54 bits per heavy atom. The van der Waals surface area contributed by atoms with Crippen molar-refractivity contribution in [3.63, 3.8) is 0 Å². The second-order valence-corrected chi connectivity index (χ2v) is 3.85. The molecule has 3 nitrogen and oxygen atoms in total. The molecule has 0 radical (unpaired) electrons. The van der Waals surface area contributed by atoms with Crippen LogP contribution in [0.25, 0.3) is 0 Å². The number of ether oxygens (including phenoxy) is 1. The van der Waals surface area contributed by atoms with E-state index < -0.39 is 0 Å². The molecule has 1 aromatic rings. The van der Waals surface area contributed by atoms with Crippen LogP contribution in [-0.4, -0.2) is 24.2 Å². The Bertz CT molecular complexity index is 213. The minimum absolute atomic E-state index is 0.392. The number of aromatic nitrogens is 1. The molecule has 13 heavy (non-hydrogen) atoms. The summed E-state index contributed by atoms with van der Waals surface area (Å²) in [6, 6.07) is 0.392. The first-order chi connectivity index (χ1) is 6.33. The summed E-state index contributed by atoms with van der Waals surface area (Å²) in [5.74, 6) is 0. The monoisotopic (exact) mass is 200 g/mol. The highest BCUT2D eigenvalue weighted by Crippen LogP contribution is 2.03. The molecule has 0 bridgehead atoms. The quantitative estimate of drug-likeness (QED) is 0.758. The summed E-state index contributed by atoms with van der Waals surface area (Å²) in [5.41, 5.74) is 0. The van der Waals surface area contributed by atoms with Crippen LogP contribution in [0.5, 0.6) is 0 Å². The third-order valence-corrected chi connectivity index (χ3v) is 2.44. The molecule has 0 amide bonds. The summed E-state index contributed by atoms with van der Waals surface area (Å²) < 4.78 is 5.29. The zero-order valence-electron chi connectivity index (χ0n) is 8.12. The van der Waals surface area contributed by atoms with Crippen molar-refractivity contribution in [1.82, 2.24) is 10.3 Å². The summed E-state index contributed by atoms with van der Waals surface area (Å²) in [5, 5.41) is 6.46. The van der Waals surface area contributed by atoms with Crippen molar-refractivity contribution in [3.05, 3.63) is 16.6 Å². The molecule has 0 aliphatic carbocycles. The van der Waals surface area contributed by atoms with E-state index in [-0.39, 0.29) is 0 Å². The van der Waals surface area contributed by atoms with Crippen molar-refractivity contribution in [2.24, 2.45) is 0 Å². The first kappa shape index (κ1) is 10.6. The predicted molar refractivity (Wildman–Crippen MR) is 54.9 cm³/mol.